The lowest BCUT2D eigenvalue weighted by atomic mass is 9.99. The fourth-order valence-electron chi connectivity index (χ4n) is 4.02. The molecule has 2 aromatic heterocycles. The number of piperidine rings is 1. The molecule has 0 N–H and O–H groups in total. The lowest BCUT2D eigenvalue weighted by Crippen LogP contribution is -2.40. The molecule has 0 aliphatic carbocycles. The minimum atomic E-state index is 0.157. The Bertz CT molecular complexity index is 1190. The van der Waals surface area contributed by atoms with Crippen LogP contribution in [0, 0.1) is 0 Å². The third kappa shape index (κ3) is 4.38. The topological polar surface area (TPSA) is 60.3 Å². The monoisotopic (exact) mass is 464 g/mol. The largest absolute Gasteiger partial charge is 0.497 e. The number of methoxy groups -OCH3 is 1. The summed E-state index contributed by atoms with van der Waals surface area (Å²) >= 11 is 3.23. The van der Waals surface area contributed by atoms with Gasteiger partial charge < -0.3 is 9.64 Å². The highest BCUT2D eigenvalue weighted by Gasteiger charge is 2.27. The van der Waals surface area contributed by atoms with Gasteiger partial charge in [-0.25, -0.2) is 9.97 Å². The fourth-order valence-corrected chi connectivity index (χ4v) is 5.99. The highest BCUT2D eigenvalue weighted by Crippen LogP contribution is 2.33. The number of aromatic nitrogens is 3. The molecule has 5 rings (SSSR count). The number of carbonyl (C=O) groups is 1. The van der Waals surface area contributed by atoms with Crippen LogP contribution >= 0.6 is 23.1 Å². The van der Waals surface area contributed by atoms with E-state index in [1.807, 2.05) is 52.1 Å². The molecule has 6 nitrogen and oxygen atoms in total. The Morgan fingerprint density at radius 2 is 2.06 bits per heavy atom. The maximum Gasteiger partial charge on any atom is 0.233 e. The molecule has 1 fully saturated rings. The zero-order chi connectivity index (χ0) is 21.9. The van der Waals surface area contributed by atoms with Crippen LogP contribution < -0.4 is 4.74 Å². The third-order valence-electron chi connectivity index (χ3n) is 5.72. The van der Waals surface area contributed by atoms with Gasteiger partial charge in [-0.3, -0.25) is 9.36 Å². The van der Waals surface area contributed by atoms with Crippen molar-refractivity contribution in [1.29, 1.82) is 0 Å². The van der Waals surface area contributed by atoms with E-state index in [4.69, 9.17) is 9.72 Å². The molecule has 1 atom stereocenters. The van der Waals surface area contributed by atoms with Gasteiger partial charge in [0.1, 0.15) is 5.75 Å². The number of ether oxygens (including phenoxy) is 1. The van der Waals surface area contributed by atoms with E-state index in [1.165, 1.54) is 16.5 Å². The molecule has 1 saturated heterocycles. The molecule has 1 aliphatic heterocycles. The Hall–Kier alpha value is -2.84. The van der Waals surface area contributed by atoms with Crippen molar-refractivity contribution in [3.05, 3.63) is 65.9 Å². The third-order valence-corrected chi connectivity index (χ3v) is 7.87. The number of amides is 1. The molecule has 3 heterocycles. The highest BCUT2D eigenvalue weighted by atomic mass is 32.2. The van der Waals surface area contributed by atoms with Crippen LogP contribution in [0.3, 0.4) is 0 Å². The quantitative estimate of drug-likeness (QED) is 0.376. The van der Waals surface area contributed by atoms with E-state index in [0.717, 1.165) is 53.0 Å². The van der Waals surface area contributed by atoms with E-state index in [-0.39, 0.29) is 5.91 Å². The van der Waals surface area contributed by atoms with Crippen LogP contribution in [0.1, 0.15) is 23.8 Å². The number of thioether (sulfide) groups is 1. The zero-order valence-corrected chi connectivity index (χ0v) is 19.4. The van der Waals surface area contributed by atoms with Crippen LogP contribution in [-0.4, -0.2) is 51.3 Å². The van der Waals surface area contributed by atoms with Crippen molar-refractivity contribution < 1.29 is 9.53 Å². The number of rotatable bonds is 6. The molecule has 164 valence electrons. The van der Waals surface area contributed by atoms with E-state index in [9.17, 15) is 4.79 Å². The number of hydrogen-bond acceptors (Lipinski definition) is 6. The van der Waals surface area contributed by atoms with Gasteiger partial charge in [0.15, 0.2) is 5.16 Å². The van der Waals surface area contributed by atoms with Gasteiger partial charge in [0.25, 0.3) is 0 Å². The molecule has 0 saturated carbocycles. The van der Waals surface area contributed by atoms with Crippen molar-refractivity contribution in [1.82, 2.24) is 19.4 Å². The molecule has 0 bridgehead atoms. The van der Waals surface area contributed by atoms with Gasteiger partial charge in [0.05, 0.1) is 28.1 Å². The Kier molecular flexibility index (Phi) is 6.14. The summed E-state index contributed by atoms with van der Waals surface area (Å²) < 4.78 is 8.45. The lowest BCUT2D eigenvalue weighted by Gasteiger charge is -2.31. The number of hydrogen-bond donors (Lipinski definition) is 0. The Morgan fingerprint density at radius 1 is 1.22 bits per heavy atom. The molecule has 32 heavy (non-hydrogen) atoms. The van der Waals surface area contributed by atoms with Crippen molar-refractivity contribution in [3.8, 4) is 11.4 Å². The number of thiazole rings is 1. The first-order valence-corrected chi connectivity index (χ1v) is 12.5. The van der Waals surface area contributed by atoms with Crippen LogP contribution in [0.5, 0.6) is 5.75 Å². The van der Waals surface area contributed by atoms with Crippen molar-refractivity contribution in [2.24, 2.45) is 0 Å². The molecule has 8 heteroatoms. The van der Waals surface area contributed by atoms with Gasteiger partial charge in [-0.2, -0.15) is 0 Å². The second-order valence-electron chi connectivity index (χ2n) is 7.77. The maximum absolute atomic E-state index is 13.0. The zero-order valence-electron chi connectivity index (χ0n) is 17.8. The molecule has 2 aromatic carbocycles. The van der Waals surface area contributed by atoms with E-state index in [2.05, 4.69) is 17.1 Å². The Morgan fingerprint density at radius 3 is 2.88 bits per heavy atom. The van der Waals surface area contributed by atoms with E-state index in [1.54, 1.807) is 24.6 Å². The van der Waals surface area contributed by atoms with Crippen LogP contribution in [-0.2, 0) is 4.79 Å². The van der Waals surface area contributed by atoms with Gasteiger partial charge >= 0.3 is 0 Å². The summed E-state index contributed by atoms with van der Waals surface area (Å²) in [4.78, 5) is 24.3. The van der Waals surface area contributed by atoms with Gasteiger partial charge in [0.2, 0.25) is 5.91 Å². The van der Waals surface area contributed by atoms with Gasteiger partial charge in [-0.1, -0.05) is 23.9 Å². The van der Waals surface area contributed by atoms with E-state index >= 15 is 0 Å². The minimum absolute atomic E-state index is 0.157. The summed E-state index contributed by atoms with van der Waals surface area (Å²) in [6.45, 7) is 1.56. The van der Waals surface area contributed by atoms with Crippen molar-refractivity contribution in [2.75, 3.05) is 26.0 Å². The van der Waals surface area contributed by atoms with Gasteiger partial charge in [0, 0.05) is 37.1 Å². The number of para-hydroxylation sites is 1. The predicted octanol–water partition coefficient (Wildman–Crippen LogP) is 4.99. The molecule has 1 amide bonds. The average molecular weight is 465 g/mol. The Labute approximate surface area is 195 Å². The molecule has 4 aromatic rings. The number of imidazole rings is 1. The fraction of sp³-hybridized carbons (Fsp3) is 0.292. The standard InChI is InChI=1S/C24H24N4O2S2/c1-30-19-10-8-18(9-11-19)28-14-12-25-24(28)31-16-22(29)27-13-4-5-17(15-27)23-26-20-6-2-3-7-21(20)32-23/h2-3,6-12,14,17H,4-5,13,15-16H2,1H3/t17-/m1/s1. The molecular formula is C24H24N4O2S2. The number of nitrogens with zero attached hydrogens (tertiary/aromatic N) is 4. The predicted molar refractivity (Wildman–Crippen MR) is 129 cm³/mol. The van der Waals surface area contributed by atoms with Crippen LogP contribution in [0.4, 0.5) is 0 Å². The van der Waals surface area contributed by atoms with Crippen LogP contribution in [0.25, 0.3) is 15.9 Å². The second-order valence-corrected chi connectivity index (χ2v) is 9.77. The minimum Gasteiger partial charge on any atom is -0.497 e. The normalized spacial score (nSPS) is 16.4. The Balaban J connectivity index is 1.23. The molecule has 0 spiro atoms. The molecule has 1 aliphatic rings. The van der Waals surface area contributed by atoms with E-state index in [0.29, 0.717) is 11.7 Å². The molecule has 0 unspecified atom stereocenters. The summed E-state index contributed by atoms with van der Waals surface area (Å²) in [7, 11) is 1.65. The first kappa shape index (κ1) is 21.0. The number of likely N-dealkylation sites (tertiary alicyclic amines) is 1. The maximum atomic E-state index is 13.0. The molecule has 0 radical (unpaired) electrons. The number of carbonyl (C=O) groups excluding carboxylic acids is 1. The van der Waals surface area contributed by atoms with Crippen molar-refractivity contribution in [2.45, 2.75) is 23.9 Å². The lowest BCUT2D eigenvalue weighted by molar-refractivity contribution is -0.129. The average Bonchev–Trinajstić information content (AvgIpc) is 3.50. The smallest absolute Gasteiger partial charge is 0.233 e. The van der Waals surface area contributed by atoms with Gasteiger partial charge in [-0.15, -0.1) is 11.3 Å². The van der Waals surface area contributed by atoms with Crippen LogP contribution in [0.15, 0.2) is 66.1 Å². The van der Waals surface area contributed by atoms with Gasteiger partial charge in [-0.05, 0) is 49.2 Å². The number of fused-ring (bicyclic) bond motifs is 1. The summed E-state index contributed by atoms with van der Waals surface area (Å²) in [6, 6.07) is 16.1. The second kappa shape index (κ2) is 9.34. The number of benzene rings is 2. The van der Waals surface area contributed by atoms with Crippen molar-refractivity contribution in [3.63, 3.8) is 0 Å². The summed E-state index contributed by atoms with van der Waals surface area (Å²) in [6.07, 6.45) is 5.77. The van der Waals surface area contributed by atoms with E-state index < -0.39 is 0 Å². The van der Waals surface area contributed by atoms with Crippen molar-refractivity contribution >= 4 is 39.2 Å². The van der Waals surface area contributed by atoms with Crippen LogP contribution in [0.2, 0.25) is 0 Å². The molecular weight excluding hydrogens is 440 g/mol. The SMILES string of the molecule is COc1ccc(-n2ccnc2SCC(=O)N2CCC[C@@H](c3nc4ccccc4s3)C2)cc1. The highest BCUT2D eigenvalue weighted by molar-refractivity contribution is 7.99. The first-order valence-electron chi connectivity index (χ1n) is 10.6. The summed E-state index contributed by atoms with van der Waals surface area (Å²) in [5, 5.41) is 1.95. The first-order chi connectivity index (χ1) is 15.7. The summed E-state index contributed by atoms with van der Waals surface area (Å²) in [5.41, 5.74) is 2.05. The summed E-state index contributed by atoms with van der Waals surface area (Å²) in [5.74, 6) is 1.66.